The lowest BCUT2D eigenvalue weighted by atomic mass is 9.90. The molecule has 51 heavy (non-hydrogen) atoms. The Morgan fingerprint density at radius 2 is 1.78 bits per heavy atom. The van der Waals surface area contributed by atoms with Crippen molar-refractivity contribution in [1.82, 2.24) is 20.5 Å². The third kappa shape index (κ3) is 8.45. The van der Waals surface area contributed by atoms with Crippen LogP contribution in [-0.4, -0.2) is 44.9 Å². The summed E-state index contributed by atoms with van der Waals surface area (Å²) in [5.41, 5.74) is -3.19. The van der Waals surface area contributed by atoms with Gasteiger partial charge in [-0.15, -0.1) is 10.2 Å². The Kier molecular flexibility index (Phi) is 9.59. The number of benzene rings is 2. The van der Waals surface area contributed by atoms with Crippen molar-refractivity contribution in [1.29, 1.82) is 5.26 Å². The minimum atomic E-state index is -3.37. The second-order valence-corrected chi connectivity index (χ2v) is 14.0. The van der Waals surface area contributed by atoms with E-state index in [9.17, 15) is 23.6 Å². The molecule has 4 aromatic rings. The number of anilines is 1. The molecular weight excluding hydrogens is 672 g/mol. The molecule has 2 atom stereocenters. The second kappa shape index (κ2) is 13.3. The molecule has 1 aliphatic rings. The average molecular weight is 709 g/mol. The van der Waals surface area contributed by atoms with Crippen LogP contribution in [0.3, 0.4) is 0 Å². The Hall–Kier alpha value is -5.52. The second-order valence-electron chi connectivity index (χ2n) is 14.0. The van der Waals surface area contributed by atoms with Crippen LogP contribution in [0.25, 0.3) is 22.7 Å². The summed E-state index contributed by atoms with van der Waals surface area (Å²) in [5.74, 6) is -2.09. The number of halogens is 4. The molecule has 5 rings (SSSR count). The van der Waals surface area contributed by atoms with Crippen molar-refractivity contribution in [2.24, 2.45) is 0 Å². The number of amides is 2. The number of rotatable bonds is 8. The van der Waals surface area contributed by atoms with Gasteiger partial charge in [-0.1, -0.05) is 24.3 Å². The highest BCUT2D eigenvalue weighted by Crippen LogP contribution is 2.44. The first-order valence-corrected chi connectivity index (χ1v) is 15.9. The van der Waals surface area contributed by atoms with Crippen molar-refractivity contribution in [3.8, 4) is 34.5 Å². The summed E-state index contributed by atoms with van der Waals surface area (Å²) in [6.07, 6.45) is -3.68. The van der Waals surface area contributed by atoms with Crippen molar-refractivity contribution < 1.29 is 41.0 Å². The first-order chi connectivity index (χ1) is 23.7. The van der Waals surface area contributed by atoms with E-state index in [1.54, 1.807) is 58.9 Å². The van der Waals surface area contributed by atoms with E-state index in [1.165, 1.54) is 36.2 Å². The Labute approximate surface area is 291 Å². The molecule has 0 bridgehead atoms. The first kappa shape index (κ1) is 36.8. The van der Waals surface area contributed by atoms with Crippen molar-refractivity contribution in [2.75, 3.05) is 4.90 Å². The molecule has 1 N–H and O–H groups in total. The number of alkyl halides is 3. The molecule has 0 saturated heterocycles. The number of alkyl carbamates (subject to hydrolysis) is 1. The van der Waals surface area contributed by atoms with Crippen LogP contribution in [0.4, 0.5) is 28.0 Å². The molecule has 15 heteroatoms. The number of pyridine rings is 1. The monoisotopic (exact) mass is 708 g/mol. The Morgan fingerprint density at radius 1 is 1.10 bits per heavy atom. The number of nitrogens with zero attached hydrogens (tertiary/aromatic N) is 5. The van der Waals surface area contributed by atoms with Gasteiger partial charge in [0, 0.05) is 24.5 Å². The molecule has 0 spiro atoms. The van der Waals surface area contributed by atoms with Crippen LogP contribution in [0.1, 0.15) is 71.9 Å². The van der Waals surface area contributed by atoms with Gasteiger partial charge in [-0.3, -0.25) is 9.78 Å². The maximum Gasteiger partial charge on any atom is 0.408 e. The van der Waals surface area contributed by atoms with E-state index in [1.807, 2.05) is 6.07 Å². The molecule has 0 radical (unpaired) electrons. The molecule has 3 heterocycles. The largest absolute Gasteiger partial charge is 0.444 e. The van der Waals surface area contributed by atoms with E-state index in [0.717, 1.165) is 6.07 Å². The van der Waals surface area contributed by atoms with E-state index >= 15 is 8.78 Å². The summed E-state index contributed by atoms with van der Waals surface area (Å²) in [4.78, 5) is 32.5. The van der Waals surface area contributed by atoms with Gasteiger partial charge >= 0.3 is 12.2 Å². The molecule has 2 amide bonds. The summed E-state index contributed by atoms with van der Waals surface area (Å²) < 4.78 is 74.4. The van der Waals surface area contributed by atoms with E-state index in [0.29, 0.717) is 23.7 Å². The van der Waals surface area contributed by atoms with E-state index < -0.39 is 53.1 Å². The van der Waals surface area contributed by atoms with Crippen LogP contribution in [0.5, 0.6) is 5.75 Å². The predicted octanol–water partition coefficient (Wildman–Crippen LogP) is 7.75. The fraction of sp³-hybridized carbons (Fsp3) is 0.389. The van der Waals surface area contributed by atoms with Crippen LogP contribution in [0, 0.1) is 17.1 Å². The third-order valence-corrected chi connectivity index (χ3v) is 7.87. The topological polar surface area (TPSA) is 143 Å². The smallest absolute Gasteiger partial charge is 0.408 e. The average Bonchev–Trinajstić information content (AvgIpc) is 3.51. The fourth-order valence-corrected chi connectivity index (χ4v) is 5.39. The van der Waals surface area contributed by atoms with Crippen molar-refractivity contribution in [3.05, 3.63) is 77.6 Å². The van der Waals surface area contributed by atoms with Gasteiger partial charge in [0.1, 0.15) is 34.3 Å². The van der Waals surface area contributed by atoms with Crippen LogP contribution < -0.4 is 15.0 Å². The van der Waals surface area contributed by atoms with Gasteiger partial charge < -0.3 is 24.1 Å². The summed E-state index contributed by atoms with van der Waals surface area (Å²) >= 11 is 0. The van der Waals surface area contributed by atoms with E-state index in [-0.39, 0.29) is 40.9 Å². The van der Waals surface area contributed by atoms with Gasteiger partial charge in [-0.25, -0.2) is 13.6 Å². The van der Waals surface area contributed by atoms with Gasteiger partial charge in [0.15, 0.2) is 0 Å². The van der Waals surface area contributed by atoms with Crippen LogP contribution >= 0.6 is 0 Å². The van der Waals surface area contributed by atoms with Gasteiger partial charge in [-0.2, -0.15) is 14.0 Å². The quantitative estimate of drug-likeness (QED) is 0.182. The molecular formula is C36H36F4N6O5. The maximum absolute atomic E-state index is 16.6. The lowest BCUT2D eigenvalue weighted by Gasteiger charge is -2.27. The number of ether oxygens (including phenoxy) is 2. The number of nitriles is 1. The number of hydrogen-bond acceptors (Lipinski definition) is 9. The van der Waals surface area contributed by atoms with Crippen molar-refractivity contribution in [3.63, 3.8) is 0 Å². The molecule has 2 aromatic heterocycles. The number of carbonyl (C=O) groups excluding carboxylic acids is 2. The zero-order valence-electron chi connectivity index (χ0n) is 29.0. The molecule has 1 aliphatic heterocycles. The number of fused-ring (bicyclic) bond motifs is 1. The number of aromatic nitrogens is 3. The fourth-order valence-electron chi connectivity index (χ4n) is 5.39. The van der Waals surface area contributed by atoms with Crippen molar-refractivity contribution >= 4 is 17.7 Å². The summed E-state index contributed by atoms with van der Waals surface area (Å²) in [5, 5.41) is 19.8. The Morgan fingerprint density at radius 3 is 2.37 bits per heavy atom. The number of hydrogen-bond donors (Lipinski definition) is 1. The maximum atomic E-state index is 16.6. The highest BCUT2D eigenvalue weighted by atomic mass is 19.3. The van der Waals surface area contributed by atoms with E-state index in [2.05, 4.69) is 25.2 Å². The molecule has 0 saturated carbocycles. The third-order valence-electron chi connectivity index (χ3n) is 7.87. The van der Waals surface area contributed by atoms with Gasteiger partial charge in [0.2, 0.25) is 11.8 Å². The summed E-state index contributed by atoms with van der Waals surface area (Å²) in [6.45, 7) is 9.66. The molecule has 0 aliphatic carbocycles. The Bertz CT molecular complexity index is 1980. The minimum absolute atomic E-state index is 0.0109. The standard InChI is InChI=1S/C36H36F4N6O5/c1-33(2,3)51-32(48)43-27-16-35(6,38)24-15-25(37)23(29-44-45-31(49-29)34(4,5)19-41)14-28(24)46(30(27)47)18-20-8-10-21(11-9-20)26-13-12-22(17-42-26)50-36(7,39)40/h8-15,17,27H,16,18H2,1-7H3,(H,43,48)/t27?,35-/m1/s1. The highest BCUT2D eigenvalue weighted by Gasteiger charge is 2.44. The zero-order chi connectivity index (χ0) is 37.5. The van der Waals surface area contributed by atoms with Gasteiger partial charge in [0.05, 0.1) is 35.8 Å². The Balaban J connectivity index is 1.54. The van der Waals surface area contributed by atoms with Gasteiger partial charge in [-0.05, 0) is 71.4 Å². The molecule has 0 fully saturated rings. The van der Waals surface area contributed by atoms with E-state index in [4.69, 9.17) is 9.15 Å². The SMILES string of the molecule is CC(C)(C)OC(=O)NC1C[C@@](C)(F)c2cc(F)c(-c3nnc(C(C)(C)C#N)o3)cc2N(Cc2ccc(-c3ccc(OC(C)(F)F)cn3)cc2)C1=O. The molecule has 11 nitrogen and oxygen atoms in total. The minimum Gasteiger partial charge on any atom is -0.444 e. The number of nitrogens with one attached hydrogen (secondary N) is 1. The normalized spacial score (nSPS) is 18.0. The first-order valence-electron chi connectivity index (χ1n) is 15.9. The summed E-state index contributed by atoms with van der Waals surface area (Å²) in [7, 11) is 0. The lowest BCUT2D eigenvalue weighted by molar-refractivity contribution is -0.159. The van der Waals surface area contributed by atoms with Crippen LogP contribution in [0.15, 0.2) is 59.1 Å². The molecule has 1 unspecified atom stereocenters. The zero-order valence-corrected chi connectivity index (χ0v) is 29.0. The van der Waals surface area contributed by atoms with Gasteiger partial charge in [0.25, 0.3) is 5.89 Å². The molecule has 2 aromatic carbocycles. The van der Waals surface area contributed by atoms with Crippen molar-refractivity contribution in [2.45, 2.75) is 90.3 Å². The number of carbonyl (C=O) groups is 2. The lowest BCUT2D eigenvalue weighted by Crippen LogP contribution is -2.50. The summed E-state index contributed by atoms with van der Waals surface area (Å²) in [6, 6.07) is 12.4. The molecule has 268 valence electrons. The highest BCUT2D eigenvalue weighted by molar-refractivity contribution is 6.01. The van der Waals surface area contributed by atoms with Crippen LogP contribution in [0.2, 0.25) is 0 Å². The van der Waals surface area contributed by atoms with Crippen LogP contribution in [-0.2, 0) is 27.2 Å². The predicted molar refractivity (Wildman–Crippen MR) is 177 cm³/mol.